The number of ether oxygens (including phenoxy) is 1. The summed E-state index contributed by atoms with van der Waals surface area (Å²) in [6.07, 6.45) is 1.47. The van der Waals surface area contributed by atoms with Gasteiger partial charge in [0.15, 0.2) is 0 Å². The van der Waals surface area contributed by atoms with Gasteiger partial charge in [-0.05, 0) is 56.2 Å². The highest BCUT2D eigenvalue weighted by atomic mass is 16.5. The van der Waals surface area contributed by atoms with Crippen molar-refractivity contribution in [2.75, 3.05) is 23.4 Å². The second-order valence-electron chi connectivity index (χ2n) is 8.47. The molecule has 0 radical (unpaired) electrons. The first kappa shape index (κ1) is 22.7. The number of anilines is 2. The van der Waals surface area contributed by atoms with Crippen LogP contribution < -0.4 is 10.2 Å². The van der Waals surface area contributed by atoms with E-state index in [9.17, 15) is 19.2 Å². The third kappa shape index (κ3) is 4.96. The minimum absolute atomic E-state index is 0.0867. The lowest BCUT2D eigenvalue weighted by Gasteiger charge is -2.30. The first-order valence-corrected chi connectivity index (χ1v) is 11.1. The fraction of sp³-hybridized carbons (Fsp3) is 0.360. The van der Waals surface area contributed by atoms with Crippen molar-refractivity contribution in [3.8, 4) is 0 Å². The number of imide groups is 1. The molecule has 172 valence electrons. The van der Waals surface area contributed by atoms with Crippen LogP contribution in [-0.2, 0) is 19.1 Å². The minimum atomic E-state index is -0.898. The number of rotatable bonds is 6. The van der Waals surface area contributed by atoms with E-state index in [0.29, 0.717) is 23.5 Å². The van der Waals surface area contributed by atoms with Gasteiger partial charge in [0.25, 0.3) is 11.8 Å². The molecule has 0 aliphatic carbocycles. The van der Waals surface area contributed by atoms with Crippen molar-refractivity contribution in [2.45, 2.75) is 45.3 Å². The zero-order chi connectivity index (χ0) is 23.5. The van der Waals surface area contributed by atoms with Crippen LogP contribution in [0.4, 0.5) is 11.4 Å². The van der Waals surface area contributed by atoms with Crippen molar-refractivity contribution in [2.24, 2.45) is 0 Å². The molecular formula is C25H27N3O5. The van der Waals surface area contributed by atoms with Crippen LogP contribution in [0.3, 0.4) is 0 Å². The molecule has 2 aromatic rings. The van der Waals surface area contributed by atoms with Gasteiger partial charge >= 0.3 is 0 Å². The highest BCUT2D eigenvalue weighted by Gasteiger charge is 2.45. The van der Waals surface area contributed by atoms with Gasteiger partial charge < -0.3 is 15.0 Å². The molecule has 0 spiro atoms. The van der Waals surface area contributed by atoms with E-state index in [2.05, 4.69) is 5.32 Å². The van der Waals surface area contributed by atoms with Crippen molar-refractivity contribution in [1.29, 1.82) is 0 Å². The van der Waals surface area contributed by atoms with Gasteiger partial charge in [0.1, 0.15) is 6.04 Å². The molecule has 0 bridgehead atoms. The van der Waals surface area contributed by atoms with Crippen LogP contribution in [0.25, 0.3) is 0 Å². The number of hydrogen-bond acceptors (Lipinski definition) is 5. The number of carbonyl (C=O) groups is 4. The summed E-state index contributed by atoms with van der Waals surface area (Å²) in [6, 6.07) is 12.7. The van der Waals surface area contributed by atoms with Gasteiger partial charge in [0.2, 0.25) is 11.8 Å². The lowest BCUT2D eigenvalue weighted by atomic mass is 10.1. The quantitative estimate of drug-likeness (QED) is 0.684. The average Bonchev–Trinajstić information content (AvgIpc) is 3.40. The van der Waals surface area contributed by atoms with Gasteiger partial charge in [-0.1, -0.05) is 17.7 Å². The molecule has 2 heterocycles. The summed E-state index contributed by atoms with van der Waals surface area (Å²) in [7, 11) is 0. The molecule has 0 saturated carbocycles. The van der Waals surface area contributed by atoms with E-state index < -0.39 is 11.9 Å². The fourth-order valence-electron chi connectivity index (χ4n) is 4.25. The lowest BCUT2D eigenvalue weighted by molar-refractivity contribution is -0.123. The molecular weight excluding hydrogens is 422 g/mol. The van der Waals surface area contributed by atoms with Gasteiger partial charge in [-0.15, -0.1) is 0 Å². The van der Waals surface area contributed by atoms with E-state index in [-0.39, 0.29) is 36.8 Å². The fourth-order valence-corrected chi connectivity index (χ4v) is 4.25. The molecule has 1 N–H and O–H groups in total. The summed E-state index contributed by atoms with van der Waals surface area (Å²) in [6.45, 7) is 4.22. The molecule has 2 aromatic carbocycles. The third-order valence-electron chi connectivity index (χ3n) is 5.93. The van der Waals surface area contributed by atoms with E-state index in [1.807, 2.05) is 19.1 Å². The Bertz CT molecular complexity index is 1060. The van der Waals surface area contributed by atoms with Crippen LogP contribution in [0.1, 0.15) is 42.1 Å². The van der Waals surface area contributed by atoms with Crippen molar-refractivity contribution in [3.63, 3.8) is 0 Å². The van der Waals surface area contributed by atoms with E-state index in [4.69, 9.17) is 4.74 Å². The predicted octanol–water partition coefficient (Wildman–Crippen LogP) is 2.91. The van der Waals surface area contributed by atoms with Crippen molar-refractivity contribution in [1.82, 2.24) is 4.90 Å². The molecule has 2 unspecified atom stereocenters. The molecule has 0 aromatic heterocycles. The van der Waals surface area contributed by atoms with E-state index in [1.54, 1.807) is 36.4 Å². The Hall–Kier alpha value is -3.52. The van der Waals surface area contributed by atoms with Crippen LogP contribution in [-0.4, -0.2) is 53.8 Å². The first-order valence-electron chi connectivity index (χ1n) is 11.1. The maximum atomic E-state index is 13.4. The maximum absolute atomic E-state index is 13.4. The largest absolute Gasteiger partial charge is 0.376 e. The Morgan fingerprint density at radius 2 is 1.79 bits per heavy atom. The number of nitrogens with one attached hydrogen (secondary N) is 1. The summed E-state index contributed by atoms with van der Waals surface area (Å²) in [5.41, 5.74) is 2.47. The molecule has 2 aliphatic heterocycles. The van der Waals surface area contributed by atoms with Crippen molar-refractivity contribution >= 4 is 35.0 Å². The number of nitrogens with zero attached hydrogens (tertiary/aromatic N) is 2. The Labute approximate surface area is 192 Å². The monoisotopic (exact) mass is 449 g/mol. The van der Waals surface area contributed by atoms with Gasteiger partial charge in [0, 0.05) is 31.3 Å². The molecule has 2 fully saturated rings. The van der Waals surface area contributed by atoms with Crippen LogP contribution in [0, 0.1) is 6.92 Å². The molecule has 8 nitrogen and oxygen atoms in total. The average molecular weight is 450 g/mol. The van der Waals surface area contributed by atoms with Crippen LogP contribution in [0.2, 0.25) is 0 Å². The molecule has 2 saturated heterocycles. The van der Waals surface area contributed by atoms with Gasteiger partial charge in [-0.3, -0.25) is 19.2 Å². The Morgan fingerprint density at radius 1 is 1.09 bits per heavy atom. The number of aryl methyl sites for hydroxylation is 1. The Balaban J connectivity index is 1.59. The molecule has 4 amide bonds. The first-order chi connectivity index (χ1) is 15.8. The molecule has 4 rings (SSSR count). The summed E-state index contributed by atoms with van der Waals surface area (Å²) >= 11 is 0. The lowest BCUT2D eigenvalue weighted by Crippen LogP contribution is -2.48. The number of hydrogen-bond donors (Lipinski definition) is 1. The normalized spacial score (nSPS) is 20.2. The third-order valence-corrected chi connectivity index (χ3v) is 5.93. The zero-order valence-electron chi connectivity index (χ0n) is 18.7. The van der Waals surface area contributed by atoms with Gasteiger partial charge in [-0.25, -0.2) is 4.90 Å². The standard InChI is InChI=1S/C25H27N3O5/c1-16-5-7-18(8-6-16)24(31)27(15-21-4-3-13-33-21)22-14-23(30)28(25(22)32)20-11-9-19(10-12-20)26-17(2)29/h5-12,21-22H,3-4,13-15H2,1-2H3,(H,26,29). The summed E-state index contributed by atoms with van der Waals surface area (Å²) in [5.74, 6) is -1.31. The molecule has 33 heavy (non-hydrogen) atoms. The summed E-state index contributed by atoms with van der Waals surface area (Å²) in [4.78, 5) is 53.5. The van der Waals surface area contributed by atoms with E-state index in [0.717, 1.165) is 23.3 Å². The van der Waals surface area contributed by atoms with Gasteiger partial charge in [-0.2, -0.15) is 0 Å². The topological polar surface area (TPSA) is 96.0 Å². The molecule has 2 aliphatic rings. The van der Waals surface area contributed by atoms with E-state index in [1.165, 1.54) is 11.8 Å². The summed E-state index contributed by atoms with van der Waals surface area (Å²) in [5, 5.41) is 2.66. The van der Waals surface area contributed by atoms with Gasteiger partial charge in [0.05, 0.1) is 18.2 Å². The van der Waals surface area contributed by atoms with Crippen molar-refractivity contribution < 1.29 is 23.9 Å². The molecule has 8 heteroatoms. The smallest absolute Gasteiger partial charge is 0.257 e. The second-order valence-corrected chi connectivity index (χ2v) is 8.47. The second kappa shape index (κ2) is 9.54. The van der Waals surface area contributed by atoms with E-state index >= 15 is 0 Å². The Morgan fingerprint density at radius 3 is 2.39 bits per heavy atom. The zero-order valence-corrected chi connectivity index (χ0v) is 18.7. The minimum Gasteiger partial charge on any atom is -0.376 e. The molecule has 2 atom stereocenters. The Kier molecular flexibility index (Phi) is 6.55. The SMILES string of the molecule is CC(=O)Nc1ccc(N2C(=O)CC(N(CC3CCCO3)C(=O)c3ccc(C)cc3)C2=O)cc1. The number of amides is 4. The maximum Gasteiger partial charge on any atom is 0.257 e. The summed E-state index contributed by atoms with van der Waals surface area (Å²) < 4.78 is 5.73. The number of benzene rings is 2. The highest BCUT2D eigenvalue weighted by molar-refractivity contribution is 6.23. The number of carbonyl (C=O) groups excluding carboxylic acids is 4. The van der Waals surface area contributed by atoms with Crippen LogP contribution in [0.5, 0.6) is 0 Å². The van der Waals surface area contributed by atoms with Crippen LogP contribution >= 0.6 is 0 Å². The van der Waals surface area contributed by atoms with Crippen molar-refractivity contribution in [3.05, 3.63) is 59.7 Å². The highest BCUT2D eigenvalue weighted by Crippen LogP contribution is 2.29. The predicted molar refractivity (Wildman–Crippen MR) is 123 cm³/mol. The van der Waals surface area contributed by atoms with Crippen LogP contribution in [0.15, 0.2) is 48.5 Å².